The molecule has 84 valence electrons. The molecule has 1 atom stereocenters. The zero-order chi connectivity index (χ0) is 11.4. The van der Waals surface area contributed by atoms with Gasteiger partial charge in [-0.1, -0.05) is 5.92 Å². The Morgan fingerprint density at radius 1 is 1.47 bits per heavy atom. The molecule has 1 saturated heterocycles. The molecule has 1 aliphatic heterocycles. The molecule has 15 heavy (non-hydrogen) atoms. The van der Waals surface area contributed by atoms with Gasteiger partial charge in [-0.15, -0.1) is 5.92 Å². The standard InChI is InChI=1S/C13H20O2/c1-12(2,3)6-4-7-13(10-14)8-5-9-15-11-13/h10H,5,7-9,11H2,1-3H3. The Bertz CT molecular complexity index is 269. The molecule has 1 heterocycles. The van der Waals surface area contributed by atoms with Crippen LogP contribution in [0.2, 0.25) is 0 Å². The van der Waals surface area contributed by atoms with Gasteiger partial charge in [0.1, 0.15) is 6.29 Å². The topological polar surface area (TPSA) is 26.3 Å². The lowest BCUT2D eigenvalue weighted by Gasteiger charge is -2.30. The summed E-state index contributed by atoms with van der Waals surface area (Å²) in [6, 6.07) is 0. The molecule has 1 unspecified atom stereocenters. The maximum absolute atomic E-state index is 11.1. The minimum Gasteiger partial charge on any atom is -0.380 e. The molecule has 0 aromatic rings. The lowest BCUT2D eigenvalue weighted by atomic mass is 9.81. The zero-order valence-electron chi connectivity index (χ0n) is 9.93. The third-order valence-electron chi connectivity index (χ3n) is 2.51. The lowest BCUT2D eigenvalue weighted by Crippen LogP contribution is -2.33. The summed E-state index contributed by atoms with van der Waals surface area (Å²) in [5, 5.41) is 0. The molecule has 2 nitrogen and oxygen atoms in total. The first-order valence-corrected chi connectivity index (χ1v) is 5.52. The number of ether oxygens (including phenoxy) is 1. The summed E-state index contributed by atoms with van der Waals surface area (Å²) < 4.78 is 5.36. The molecule has 0 bridgehead atoms. The van der Waals surface area contributed by atoms with Gasteiger partial charge in [0, 0.05) is 18.4 Å². The normalized spacial score (nSPS) is 26.6. The summed E-state index contributed by atoms with van der Waals surface area (Å²) in [6.07, 6.45) is 3.54. The van der Waals surface area contributed by atoms with Gasteiger partial charge >= 0.3 is 0 Å². The van der Waals surface area contributed by atoms with Crippen molar-refractivity contribution in [2.45, 2.75) is 40.0 Å². The van der Waals surface area contributed by atoms with E-state index in [1.807, 2.05) is 0 Å². The van der Waals surface area contributed by atoms with Crippen LogP contribution in [0.4, 0.5) is 0 Å². The van der Waals surface area contributed by atoms with Gasteiger partial charge in [0.25, 0.3) is 0 Å². The van der Waals surface area contributed by atoms with Gasteiger partial charge < -0.3 is 9.53 Å². The van der Waals surface area contributed by atoms with E-state index >= 15 is 0 Å². The van der Waals surface area contributed by atoms with Crippen LogP contribution in [0, 0.1) is 22.7 Å². The molecule has 0 saturated carbocycles. The van der Waals surface area contributed by atoms with E-state index in [9.17, 15) is 4.79 Å². The van der Waals surface area contributed by atoms with Crippen LogP contribution in [0.5, 0.6) is 0 Å². The molecular formula is C13H20O2. The van der Waals surface area contributed by atoms with Crippen molar-refractivity contribution in [3.63, 3.8) is 0 Å². The second-order valence-corrected chi connectivity index (χ2v) is 5.36. The van der Waals surface area contributed by atoms with Crippen molar-refractivity contribution in [1.82, 2.24) is 0 Å². The minimum atomic E-state index is -0.337. The van der Waals surface area contributed by atoms with Crippen molar-refractivity contribution in [3.05, 3.63) is 0 Å². The van der Waals surface area contributed by atoms with Crippen LogP contribution in [0.1, 0.15) is 40.0 Å². The van der Waals surface area contributed by atoms with Crippen LogP contribution >= 0.6 is 0 Å². The fourth-order valence-corrected chi connectivity index (χ4v) is 1.63. The summed E-state index contributed by atoms with van der Waals surface area (Å²) in [5.41, 5.74) is -0.323. The molecule has 1 rings (SSSR count). The Morgan fingerprint density at radius 3 is 2.67 bits per heavy atom. The average Bonchev–Trinajstić information content (AvgIpc) is 2.17. The van der Waals surface area contributed by atoms with E-state index in [1.165, 1.54) is 0 Å². The number of hydrogen-bond donors (Lipinski definition) is 0. The van der Waals surface area contributed by atoms with Gasteiger partial charge in [-0.2, -0.15) is 0 Å². The minimum absolute atomic E-state index is 0.0135. The molecular weight excluding hydrogens is 188 g/mol. The number of carbonyl (C=O) groups is 1. The van der Waals surface area contributed by atoms with Gasteiger partial charge in [0.2, 0.25) is 0 Å². The van der Waals surface area contributed by atoms with Gasteiger partial charge in [-0.25, -0.2) is 0 Å². The highest BCUT2D eigenvalue weighted by atomic mass is 16.5. The second-order valence-electron chi connectivity index (χ2n) is 5.36. The van der Waals surface area contributed by atoms with Crippen LogP contribution in [0.15, 0.2) is 0 Å². The Hall–Kier alpha value is -0.810. The van der Waals surface area contributed by atoms with E-state index in [0.29, 0.717) is 13.0 Å². The Kier molecular flexibility index (Phi) is 3.93. The van der Waals surface area contributed by atoms with E-state index < -0.39 is 0 Å². The predicted octanol–water partition coefficient (Wildman–Crippen LogP) is 2.42. The van der Waals surface area contributed by atoms with Crippen molar-refractivity contribution in [2.24, 2.45) is 10.8 Å². The molecule has 1 fully saturated rings. The molecule has 0 N–H and O–H groups in total. The first kappa shape index (κ1) is 12.3. The third-order valence-corrected chi connectivity index (χ3v) is 2.51. The highest BCUT2D eigenvalue weighted by molar-refractivity contribution is 5.60. The number of rotatable bonds is 2. The number of hydrogen-bond acceptors (Lipinski definition) is 2. The van der Waals surface area contributed by atoms with Crippen LogP contribution in [0.3, 0.4) is 0 Å². The van der Waals surface area contributed by atoms with E-state index in [1.54, 1.807) is 0 Å². The molecule has 0 spiro atoms. The fourth-order valence-electron chi connectivity index (χ4n) is 1.63. The van der Waals surface area contributed by atoms with Crippen LogP contribution in [-0.2, 0) is 9.53 Å². The molecule has 0 aliphatic carbocycles. The van der Waals surface area contributed by atoms with Gasteiger partial charge in [0.15, 0.2) is 0 Å². The molecule has 0 amide bonds. The molecule has 0 radical (unpaired) electrons. The smallest absolute Gasteiger partial charge is 0.129 e. The summed E-state index contributed by atoms with van der Waals surface area (Å²) in [5.74, 6) is 6.29. The largest absolute Gasteiger partial charge is 0.380 e. The third kappa shape index (κ3) is 4.05. The van der Waals surface area contributed by atoms with Crippen molar-refractivity contribution < 1.29 is 9.53 Å². The summed E-state index contributed by atoms with van der Waals surface area (Å²) in [6.45, 7) is 7.54. The maximum Gasteiger partial charge on any atom is 0.129 e. The fraction of sp³-hybridized carbons (Fsp3) is 0.769. The van der Waals surface area contributed by atoms with Crippen LogP contribution in [0.25, 0.3) is 0 Å². The molecule has 1 aliphatic rings. The van der Waals surface area contributed by atoms with E-state index in [4.69, 9.17) is 4.74 Å². The van der Waals surface area contributed by atoms with E-state index in [2.05, 4.69) is 32.6 Å². The highest BCUT2D eigenvalue weighted by Crippen LogP contribution is 2.29. The Balaban J connectivity index is 2.59. The molecule has 2 heteroatoms. The number of aldehydes is 1. The Morgan fingerprint density at radius 2 is 2.20 bits per heavy atom. The van der Waals surface area contributed by atoms with Crippen molar-refractivity contribution >= 4 is 6.29 Å². The maximum atomic E-state index is 11.1. The summed E-state index contributed by atoms with van der Waals surface area (Å²) in [7, 11) is 0. The first-order chi connectivity index (χ1) is 6.97. The van der Waals surface area contributed by atoms with Crippen molar-refractivity contribution in [3.8, 4) is 11.8 Å². The van der Waals surface area contributed by atoms with Gasteiger partial charge in [0.05, 0.1) is 12.0 Å². The molecule has 0 aromatic heterocycles. The van der Waals surface area contributed by atoms with Crippen LogP contribution in [-0.4, -0.2) is 19.5 Å². The highest BCUT2D eigenvalue weighted by Gasteiger charge is 2.31. The number of carbonyl (C=O) groups excluding carboxylic acids is 1. The summed E-state index contributed by atoms with van der Waals surface area (Å²) >= 11 is 0. The zero-order valence-corrected chi connectivity index (χ0v) is 9.93. The molecule has 0 aromatic carbocycles. The predicted molar refractivity (Wildman–Crippen MR) is 60.4 cm³/mol. The monoisotopic (exact) mass is 208 g/mol. The first-order valence-electron chi connectivity index (χ1n) is 5.52. The van der Waals surface area contributed by atoms with E-state index in [-0.39, 0.29) is 10.8 Å². The van der Waals surface area contributed by atoms with Gasteiger partial charge in [-0.05, 0) is 33.6 Å². The summed E-state index contributed by atoms with van der Waals surface area (Å²) in [4.78, 5) is 11.1. The van der Waals surface area contributed by atoms with Gasteiger partial charge in [-0.3, -0.25) is 0 Å². The SMILES string of the molecule is CC(C)(C)C#CCC1(C=O)CCCOC1. The van der Waals surface area contributed by atoms with Crippen molar-refractivity contribution in [2.75, 3.05) is 13.2 Å². The van der Waals surface area contributed by atoms with E-state index in [0.717, 1.165) is 25.7 Å². The quantitative estimate of drug-likeness (QED) is 0.514. The van der Waals surface area contributed by atoms with Crippen molar-refractivity contribution in [1.29, 1.82) is 0 Å². The second kappa shape index (κ2) is 4.81. The Labute approximate surface area is 92.4 Å². The van der Waals surface area contributed by atoms with Crippen LogP contribution < -0.4 is 0 Å². The average molecular weight is 208 g/mol. The lowest BCUT2D eigenvalue weighted by molar-refractivity contribution is -0.123.